The Morgan fingerprint density at radius 1 is 1.50 bits per heavy atom. The molecule has 1 saturated heterocycles. The van der Waals surface area contributed by atoms with Crippen molar-refractivity contribution in [3.63, 3.8) is 0 Å². The third-order valence-corrected chi connectivity index (χ3v) is 3.69. The van der Waals surface area contributed by atoms with Gasteiger partial charge in [-0.15, -0.1) is 0 Å². The molecule has 0 aliphatic carbocycles. The minimum atomic E-state index is -0.156. The lowest BCUT2D eigenvalue weighted by Crippen LogP contribution is -2.28. The van der Waals surface area contributed by atoms with Crippen LogP contribution in [0.1, 0.15) is 26.3 Å². The number of likely N-dealkylation sites (tertiary alicyclic amines) is 1. The molecular formula is C13H19N6O. The lowest BCUT2D eigenvalue weighted by Gasteiger charge is -2.18. The van der Waals surface area contributed by atoms with Crippen molar-refractivity contribution < 1.29 is 0 Å². The number of anilines is 1. The highest BCUT2D eigenvalue weighted by molar-refractivity contribution is 5.81. The minimum Gasteiger partial charge on any atom is -0.382 e. The summed E-state index contributed by atoms with van der Waals surface area (Å²) in [6, 6.07) is 0.143. The maximum Gasteiger partial charge on any atom is 0.328 e. The first-order chi connectivity index (χ1) is 9.56. The van der Waals surface area contributed by atoms with E-state index >= 15 is 0 Å². The fraction of sp³-hybridized carbons (Fsp3) is 0.538. The molecule has 1 fully saturated rings. The summed E-state index contributed by atoms with van der Waals surface area (Å²) in [7, 11) is 0. The first-order valence-corrected chi connectivity index (χ1v) is 6.78. The Morgan fingerprint density at radius 3 is 3.05 bits per heavy atom. The maximum absolute atomic E-state index is 12.2. The standard InChI is InChI=1S/C13H19N6O/c1-8(2)5-18-4-3-9(6-18)19-12-10(17-13(19)20)11(14)15-7-16-12/h7,9H,3-6H2,1-2H3,(H,17,20)(H2,14,15,16)/t9-/m1/s1. The second kappa shape index (κ2) is 4.90. The van der Waals surface area contributed by atoms with Gasteiger partial charge in [-0.25, -0.2) is 14.8 Å². The van der Waals surface area contributed by atoms with Gasteiger partial charge >= 0.3 is 5.69 Å². The van der Waals surface area contributed by atoms with Crippen LogP contribution in [0.5, 0.6) is 0 Å². The zero-order valence-electron chi connectivity index (χ0n) is 11.8. The van der Waals surface area contributed by atoms with E-state index in [-0.39, 0.29) is 11.7 Å². The SMILES string of the molecule is C[C](C)CN1CC[C@@H](n2c(=O)[nH]c3c(N)ncnc32)C1. The number of imidazole rings is 1. The van der Waals surface area contributed by atoms with Gasteiger partial charge in [-0.2, -0.15) is 0 Å². The Morgan fingerprint density at radius 2 is 2.30 bits per heavy atom. The lowest BCUT2D eigenvalue weighted by molar-refractivity contribution is 0.335. The predicted molar refractivity (Wildman–Crippen MR) is 77.2 cm³/mol. The van der Waals surface area contributed by atoms with Crippen LogP contribution in [0.25, 0.3) is 11.2 Å². The molecule has 1 aliphatic rings. The molecule has 3 N–H and O–H groups in total. The highest BCUT2D eigenvalue weighted by Gasteiger charge is 2.27. The van der Waals surface area contributed by atoms with Crippen molar-refractivity contribution in [3.8, 4) is 0 Å². The van der Waals surface area contributed by atoms with Gasteiger partial charge in [0, 0.05) is 19.6 Å². The molecule has 1 aliphatic heterocycles. The van der Waals surface area contributed by atoms with E-state index in [4.69, 9.17) is 5.73 Å². The molecule has 20 heavy (non-hydrogen) atoms. The summed E-state index contributed by atoms with van der Waals surface area (Å²) in [5.74, 6) is 1.70. The average molecular weight is 275 g/mol. The third-order valence-electron chi connectivity index (χ3n) is 3.69. The Hall–Kier alpha value is -1.89. The molecule has 3 rings (SSSR count). The molecule has 7 heteroatoms. The van der Waals surface area contributed by atoms with Crippen LogP contribution < -0.4 is 11.4 Å². The molecule has 0 saturated carbocycles. The topological polar surface area (TPSA) is 92.8 Å². The van der Waals surface area contributed by atoms with Crippen LogP contribution in [0.4, 0.5) is 5.82 Å². The first-order valence-electron chi connectivity index (χ1n) is 6.78. The van der Waals surface area contributed by atoms with E-state index in [0.717, 1.165) is 26.1 Å². The van der Waals surface area contributed by atoms with Gasteiger partial charge in [0.2, 0.25) is 0 Å². The van der Waals surface area contributed by atoms with Crippen molar-refractivity contribution in [1.82, 2.24) is 24.4 Å². The number of hydrogen-bond donors (Lipinski definition) is 2. The first kappa shape index (κ1) is 13.1. The van der Waals surface area contributed by atoms with E-state index in [1.54, 1.807) is 4.57 Å². The van der Waals surface area contributed by atoms with Crippen molar-refractivity contribution >= 4 is 17.0 Å². The van der Waals surface area contributed by atoms with Gasteiger partial charge in [-0.05, 0) is 12.3 Å². The molecule has 0 amide bonds. The quantitative estimate of drug-likeness (QED) is 0.854. The van der Waals surface area contributed by atoms with Crippen molar-refractivity contribution in [3.05, 3.63) is 22.7 Å². The summed E-state index contributed by atoms with van der Waals surface area (Å²) >= 11 is 0. The zero-order chi connectivity index (χ0) is 14.3. The van der Waals surface area contributed by atoms with Gasteiger partial charge in [0.05, 0.1) is 6.04 Å². The molecule has 107 valence electrons. The number of nitrogen functional groups attached to an aromatic ring is 1. The van der Waals surface area contributed by atoms with Gasteiger partial charge in [-0.1, -0.05) is 13.8 Å². The Bertz CT molecular complexity index is 673. The molecular weight excluding hydrogens is 256 g/mol. The van der Waals surface area contributed by atoms with E-state index in [1.807, 2.05) is 0 Å². The molecule has 0 bridgehead atoms. The normalized spacial score (nSPS) is 20.2. The second-order valence-electron chi connectivity index (χ2n) is 5.64. The van der Waals surface area contributed by atoms with Gasteiger partial charge in [0.1, 0.15) is 11.8 Å². The second-order valence-corrected chi connectivity index (χ2v) is 5.64. The number of nitrogens with two attached hydrogens (primary N) is 1. The zero-order valence-corrected chi connectivity index (χ0v) is 11.8. The number of fused-ring (bicyclic) bond motifs is 1. The highest BCUT2D eigenvalue weighted by Crippen LogP contribution is 2.24. The summed E-state index contributed by atoms with van der Waals surface area (Å²) in [5.41, 5.74) is 6.77. The van der Waals surface area contributed by atoms with Crippen LogP contribution in [-0.2, 0) is 0 Å². The molecule has 3 heterocycles. The Balaban J connectivity index is 1.94. The van der Waals surface area contributed by atoms with Crippen molar-refractivity contribution in [2.24, 2.45) is 0 Å². The number of H-pyrrole nitrogens is 1. The summed E-state index contributed by atoms with van der Waals surface area (Å²) in [6.45, 7) is 7.08. The van der Waals surface area contributed by atoms with Crippen LogP contribution in [0, 0.1) is 5.92 Å². The minimum absolute atomic E-state index is 0.143. The van der Waals surface area contributed by atoms with Crippen molar-refractivity contribution in [2.45, 2.75) is 26.3 Å². The van der Waals surface area contributed by atoms with Crippen LogP contribution in [0.3, 0.4) is 0 Å². The van der Waals surface area contributed by atoms with Gasteiger partial charge < -0.3 is 15.6 Å². The number of hydrogen-bond acceptors (Lipinski definition) is 5. The molecule has 1 atom stereocenters. The number of rotatable bonds is 3. The number of nitrogens with zero attached hydrogens (tertiary/aromatic N) is 4. The summed E-state index contributed by atoms with van der Waals surface area (Å²) in [5, 5.41) is 0. The molecule has 0 unspecified atom stereocenters. The van der Waals surface area contributed by atoms with Crippen LogP contribution >= 0.6 is 0 Å². The fourth-order valence-electron chi connectivity index (χ4n) is 2.91. The molecule has 2 aromatic rings. The number of aromatic nitrogens is 4. The smallest absolute Gasteiger partial charge is 0.328 e. The maximum atomic E-state index is 12.2. The van der Waals surface area contributed by atoms with Gasteiger partial charge in [0.15, 0.2) is 11.5 Å². The molecule has 1 radical (unpaired) electrons. The highest BCUT2D eigenvalue weighted by atomic mass is 16.1. The summed E-state index contributed by atoms with van der Waals surface area (Å²) in [4.78, 5) is 25.4. The van der Waals surface area contributed by atoms with Crippen LogP contribution in [-0.4, -0.2) is 44.1 Å². The van der Waals surface area contributed by atoms with Gasteiger partial charge in [0.25, 0.3) is 0 Å². The lowest BCUT2D eigenvalue weighted by atomic mass is 10.2. The number of aromatic amines is 1. The molecule has 0 spiro atoms. The molecule has 7 nitrogen and oxygen atoms in total. The van der Waals surface area contributed by atoms with Gasteiger partial charge in [-0.3, -0.25) is 4.57 Å². The summed E-state index contributed by atoms with van der Waals surface area (Å²) in [6.07, 6.45) is 2.35. The molecule has 2 aromatic heterocycles. The van der Waals surface area contributed by atoms with Crippen molar-refractivity contribution in [1.29, 1.82) is 0 Å². The Kier molecular flexibility index (Phi) is 3.21. The fourth-order valence-corrected chi connectivity index (χ4v) is 2.91. The molecule has 0 aromatic carbocycles. The van der Waals surface area contributed by atoms with E-state index in [9.17, 15) is 4.79 Å². The average Bonchev–Trinajstić information content (AvgIpc) is 2.93. The van der Waals surface area contributed by atoms with Crippen molar-refractivity contribution in [2.75, 3.05) is 25.4 Å². The van der Waals surface area contributed by atoms with Crippen LogP contribution in [0.2, 0.25) is 0 Å². The van der Waals surface area contributed by atoms with E-state index in [2.05, 4.69) is 33.7 Å². The third kappa shape index (κ3) is 2.18. The Labute approximate surface area is 116 Å². The summed E-state index contributed by atoms with van der Waals surface area (Å²) < 4.78 is 1.72. The van der Waals surface area contributed by atoms with E-state index < -0.39 is 0 Å². The largest absolute Gasteiger partial charge is 0.382 e. The predicted octanol–water partition coefficient (Wildman–Crippen LogP) is 0.563. The monoisotopic (exact) mass is 275 g/mol. The van der Waals surface area contributed by atoms with Crippen LogP contribution in [0.15, 0.2) is 11.1 Å². The van der Waals surface area contributed by atoms with E-state index in [1.165, 1.54) is 12.2 Å². The number of nitrogens with one attached hydrogen (secondary N) is 1. The van der Waals surface area contributed by atoms with E-state index in [0.29, 0.717) is 17.0 Å².